The van der Waals surface area contributed by atoms with Gasteiger partial charge in [-0.25, -0.2) is 0 Å². The van der Waals surface area contributed by atoms with Gasteiger partial charge in [0.2, 0.25) is 0 Å². The highest BCUT2D eigenvalue weighted by Gasteiger charge is 2.25. The van der Waals surface area contributed by atoms with Crippen molar-refractivity contribution in [3.8, 4) is 0 Å². The standard InChI is InChI=1S/C7H14N2O/c1-5(10)7-3-6(8-2)4-9-7/h6-9H,3-4H2,1-2H3. The molecule has 10 heavy (non-hydrogen) atoms. The zero-order valence-corrected chi connectivity index (χ0v) is 6.48. The Labute approximate surface area is 61.2 Å². The fraction of sp³-hybridized carbons (Fsp3) is 0.857. The van der Waals surface area contributed by atoms with Gasteiger partial charge < -0.3 is 10.6 Å². The lowest BCUT2D eigenvalue weighted by atomic mass is 10.1. The molecule has 1 aliphatic heterocycles. The molecule has 1 rings (SSSR count). The molecule has 0 aliphatic carbocycles. The van der Waals surface area contributed by atoms with Crippen LogP contribution in [0.2, 0.25) is 0 Å². The van der Waals surface area contributed by atoms with Gasteiger partial charge >= 0.3 is 0 Å². The molecule has 3 nitrogen and oxygen atoms in total. The van der Waals surface area contributed by atoms with E-state index in [0.29, 0.717) is 6.04 Å². The molecule has 1 saturated heterocycles. The number of nitrogens with one attached hydrogen (secondary N) is 2. The monoisotopic (exact) mass is 142 g/mol. The van der Waals surface area contributed by atoms with Crippen molar-refractivity contribution in [3.63, 3.8) is 0 Å². The van der Waals surface area contributed by atoms with E-state index >= 15 is 0 Å². The van der Waals surface area contributed by atoms with Crippen molar-refractivity contribution in [2.24, 2.45) is 0 Å². The Bertz CT molecular complexity index is 136. The summed E-state index contributed by atoms with van der Waals surface area (Å²) in [5.41, 5.74) is 0. The Kier molecular flexibility index (Phi) is 2.40. The van der Waals surface area contributed by atoms with E-state index in [4.69, 9.17) is 0 Å². The maximum atomic E-state index is 10.8. The number of Topliss-reactive ketones (excluding diaryl/α,β-unsaturated/α-hetero) is 1. The molecular formula is C7H14N2O. The zero-order chi connectivity index (χ0) is 7.56. The second-order valence-corrected chi connectivity index (χ2v) is 2.79. The van der Waals surface area contributed by atoms with Gasteiger partial charge in [0, 0.05) is 12.6 Å². The second-order valence-electron chi connectivity index (χ2n) is 2.79. The van der Waals surface area contributed by atoms with Crippen molar-refractivity contribution in [1.82, 2.24) is 10.6 Å². The molecule has 0 aromatic carbocycles. The molecule has 2 N–H and O–H groups in total. The summed E-state index contributed by atoms with van der Waals surface area (Å²) in [5.74, 6) is 0.248. The van der Waals surface area contributed by atoms with Crippen molar-refractivity contribution in [2.75, 3.05) is 13.6 Å². The SMILES string of the molecule is CNC1CNC(C(C)=O)C1. The van der Waals surface area contributed by atoms with E-state index in [1.807, 2.05) is 7.05 Å². The van der Waals surface area contributed by atoms with E-state index in [-0.39, 0.29) is 11.8 Å². The fourth-order valence-electron chi connectivity index (χ4n) is 1.27. The molecule has 1 heterocycles. The second kappa shape index (κ2) is 3.12. The minimum Gasteiger partial charge on any atom is -0.316 e. The Hall–Kier alpha value is -0.410. The lowest BCUT2D eigenvalue weighted by Crippen LogP contribution is -2.28. The van der Waals surface area contributed by atoms with Crippen molar-refractivity contribution in [2.45, 2.75) is 25.4 Å². The van der Waals surface area contributed by atoms with Gasteiger partial charge in [0.15, 0.2) is 0 Å². The molecular weight excluding hydrogens is 128 g/mol. The average molecular weight is 142 g/mol. The average Bonchev–Trinajstić information content (AvgIpc) is 2.34. The van der Waals surface area contributed by atoms with Gasteiger partial charge in [0.05, 0.1) is 6.04 Å². The highest BCUT2D eigenvalue weighted by molar-refractivity contribution is 5.81. The number of carbonyl (C=O) groups excluding carboxylic acids is 1. The summed E-state index contributed by atoms with van der Waals surface area (Å²) in [4.78, 5) is 10.8. The molecule has 2 unspecified atom stereocenters. The van der Waals surface area contributed by atoms with Crippen LogP contribution in [0.15, 0.2) is 0 Å². The first-order valence-corrected chi connectivity index (χ1v) is 3.65. The van der Waals surface area contributed by atoms with Crippen LogP contribution in [-0.2, 0) is 4.79 Å². The number of rotatable bonds is 2. The van der Waals surface area contributed by atoms with E-state index in [2.05, 4.69) is 10.6 Å². The van der Waals surface area contributed by atoms with Gasteiger partial charge in [0.1, 0.15) is 5.78 Å². The van der Waals surface area contributed by atoms with E-state index in [1.165, 1.54) is 0 Å². The number of carbonyl (C=O) groups is 1. The maximum Gasteiger partial charge on any atom is 0.146 e. The molecule has 3 heteroatoms. The predicted molar refractivity (Wildman–Crippen MR) is 39.9 cm³/mol. The topological polar surface area (TPSA) is 41.1 Å². The molecule has 0 amide bonds. The quantitative estimate of drug-likeness (QED) is 0.547. The molecule has 0 radical (unpaired) electrons. The third kappa shape index (κ3) is 1.55. The smallest absolute Gasteiger partial charge is 0.146 e. The summed E-state index contributed by atoms with van der Waals surface area (Å²) in [6.07, 6.45) is 0.936. The number of hydrogen-bond donors (Lipinski definition) is 2. The number of ketones is 1. The summed E-state index contributed by atoms with van der Waals surface area (Å²) in [7, 11) is 1.93. The number of likely N-dealkylation sites (N-methyl/N-ethyl adjacent to an activating group) is 1. The highest BCUT2D eigenvalue weighted by Crippen LogP contribution is 2.06. The van der Waals surface area contributed by atoms with E-state index in [9.17, 15) is 4.79 Å². The first kappa shape index (κ1) is 7.69. The van der Waals surface area contributed by atoms with Gasteiger partial charge in [-0.1, -0.05) is 0 Å². The van der Waals surface area contributed by atoms with Crippen LogP contribution in [0, 0.1) is 0 Å². The molecule has 1 aliphatic rings. The summed E-state index contributed by atoms with van der Waals surface area (Å²) in [6, 6.07) is 0.575. The van der Waals surface area contributed by atoms with Crippen LogP contribution >= 0.6 is 0 Å². The third-order valence-electron chi connectivity index (χ3n) is 2.03. The molecule has 2 atom stereocenters. The Morgan fingerprint density at radius 1 is 1.70 bits per heavy atom. The van der Waals surface area contributed by atoms with Crippen LogP contribution in [0.5, 0.6) is 0 Å². The molecule has 0 bridgehead atoms. The molecule has 1 fully saturated rings. The van der Waals surface area contributed by atoms with E-state index in [0.717, 1.165) is 13.0 Å². The Balaban J connectivity index is 2.35. The van der Waals surface area contributed by atoms with Crippen molar-refractivity contribution < 1.29 is 4.79 Å². The zero-order valence-electron chi connectivity index (χ0n) is 6.48. The van der Waals surface area contributed by atoms with Crippen molar-refractivity contribution in [1.29, 1.82) is 0 Å². The van der Waals surface area contributed by atoms with Crippen molar-refractivity contribution >= 4 is 5.78 Å². The largest absolute Gasteiger partial charge is 0.316 e. The van der Waals surface area contributed by atoms with Gasteiger partial charge in [0.25, 0.3) is 0 Å². The van der Waals surface area contributed by atoms with E-state index in [1.54, 1.807) is 6.92 Å². The molecule has 58 valence electrons. The summed E-state index contributed by atoms with van der Waals surface area (Å²) in [5, 5.41) is 6.28. The maximum absolute atomic E-state index is 10.8. The normalized spacial score (nSPS) is 32.6. The van der Waals surface area contributed by atoms with Crippen LogP contribution in [0.25, 0.3) is 0 Å². The van der Waals surface area contributed by atoms with Gasteiger partial charge in [-0.15, -0.1) is 0 Å². The highest BCUT2D eigenvalue weighted by atomic mass is 16.1. The van der Waals surface area contributed by atoms with Gasteiger partial charge in [-0.2, -0.15) is 0 Å². The fourth-order valence-corrected chi connectivity index (χ4v) is 1.27. The van der Waals surface area contributed by atoms with Gasteiger partial charge in [-0.05, 0) is 20.4 Å². The molecule has 0 aromatic rings. The van der Waals surface area contributed by atoms with Crippen LogP contribution in [0.4, 0.5) is 0 Å². The Morgan fingerprint density at radius 3 is 2.70 bits per heavy atom. The molecule has 0 saturated carbocycles. The van der Waals surface area contributed by atoms with Crippen LogP contribution in [-0.4, -0.2) is 31.5 Å². The van der Waals surface area contributed by atoms with Crippen LogP contribution in [0.1, 0.15) is 13.3 Å². The van der Waals surface area contributed by atoms with Crippen molar-refractivity contribution in [3.05, 3.63) is 0 Å². The third-order valence-corrected chi connectivity index (χ3v) is 2.03. The first-order chi connectivity index (χ1) is 4.74. The van der Waals surface area contributed by atoms with Gasteiger partial charge in [-0.3, -0.25) is 4.79 Å². The minimum absolute atomic E-state index is 0.0949. The predicted octanol–water partition coefficient (Wildman–Crippen LogP) is -0.475. The lowest BCUT2D eigenvalue weighted by Gasteiger charge is -2.05. The van der Waals surface area contributed by atoms with E-state index < -0.39 is 0 Å². The Morgan fingerprint density at radius 2 is 2.40 bits per heavy atom. The number of hydrogen-bond acceptors (Lipinski definition) is 3. The molecule has 0 spiro atoms. The summed E-state index contributed by atoms with van der Waals surface area (Å²) < 4.78 is 0. The first-order valence-electron chi connectivity index (χ1n) is 3.65. The van der Waals surface area contributed by atoms with Crippen LogP contribution < -0.4 is 10.6 Å². The molecule has 0 aromatic heterocycles. The summed E-state index contributed by atoms with van der Waals surface area (Å²) >= 11 is 0. The lowest BCUT2D eigenvalue weighted by molar-refractivity contribution is -0.118. The summed E-state index contributed by atoms with van der Waals surface area (Å²) in [6.45, 7) is 2.55. The minimum atomic E-state index is 0.0949. The van der Waals surface area contributed by atoms with Crippen LogP contribution in [0.3, 0.4) is 0 Å².